The monoisotopic (exact) mass is 372 g/mol. The number of rotatable bonds is 5. The van der Waals surface area contributed by atoms with Gasteiger partial charge in [-0.1, -0.05) is 0 Å². The summed E-state index contributed by atoms with van der Waals surface area (Å²) < 4.78 is 5.15. The van der Waals surface area contributed by atoms with E-state index in [2.05, 4.69) is 10.3 Å². The first-order valence-electron chi connectivity index (χ1n) is 8.70. The first-order chi connectivity index (χ1) is 12.6. The molecule has 7 heteroatoms. The Morgan fingerprint density at radius 3 is 2.54 bits per heavy atom. The molecule has 6 nitrogen and oxygen atoms in total. The van der Waals surface area contributed by atoms with Crippen molar-refractivity contribution in [2.75, 3.05) is 12.4 Å². The molecule has 2 N–H and O–H groups in total. The van der Waals surface area contributed by atoms with Crippen molar-refractivity contribution in [1.82, 2.24) is 4.98 Å². The van der Waals surface area contributed by atoms with Crippen LogP contribution in [0.3, 0.4) is 0 Å². The van der Waals surface area contributed by atoms with Crippen LogP contribution in [0, 0.1) is 23.7 Å². The van der Waals surface area contributed by atoms with E-state index in [9.17, 15) is 14.7 Å². The summed E-state index contributed by atoms with van der Waals surface area (Å²) in [5.74, 6) is -0.972. The molecule has 1 aromatic carbocycles. The van der Waals surface area contributed by atoms with Crippen molar-refractivity contribution in [1.29, 1.82) is 0 Å². The summed E-state index contributed by atoms with van der Waals surface area (Å²) in [5.41, 5.74) is 1.71. The van der Waals surface area contributed by atoms with E-state index in [1.165, 1.54) is 11.3 Å². The summed E-state index contributed by atoms with van der Waals surface area (Å²) in [6.45, 7) is 0. The number of methoxy groups -OCH3 is 1. The minimum Gasteiger partial charge on any atom is -0.497 e. The number of carboxylic acid groups (broad SMARTS) is 1. The van der Waals surface area contributed by atoms with E-state index in [4.69, 9.17) is 4.74 Å². The third-order valence-electron chi connectivity index (χ3n) is 5.62. The first kappa shape index (κ1) is 17.0. The molecule has 2 bridgehead atoms. The Morgan fingerprint density at radius 2 is 1.88 bits per heavy atom. The Balaban J connectivity index is 1.48. The Hall–Kier alpha value is -2.41. The van der Waals surface area contributed by atoms with Gasteiger partial charge in [0.2, 0.25) is 5.91 Å². The van der Waals surface area contributed by atoms with Crippen LogP contribution in [-0.4, -0.2) is 29.1 Å². The van der Waals surface area contributed by atoms with Gasteiger partial charge in [-0.2, -0.15) is 0 Å². The lowest BCUT2D eigenvalue weighted by Crippen LogP contribution is -2.37. The number of hydrogen-bond acceptors (Lipinski definition) is 5. The van der Waals surface area contributed by atoms with E-state index >= 15 is 0 Å². The largest absolute Gasteiger partial charge is 0.497 e. The van der Waals surface area contributed by atoms with E-state index in [1.54, 1.807) is 7.11 Å². The lowest BCUT2D eigenvalue weighted by Gasteiger charge is -2.26. The molecule has 0 aliphatic heterocycles. The zero-order valence-corrected chi connectivity index (χ0v) is 15.2. The van der Waals surface area contributed by atoms with Crippen LogP contribution in [0.2, 0.25) is 0 Å². The fourth-order valence-electron chi connectivity index (χ4n) is 4.44. The lowest BCUT2D eigenvalue weighted by molar-refractivity contribution is -0.148. The number of aliphatic carboxylic acids is 1. The second kappa shape index (κ2) is 6.72. The summed E-state index contributed by atoms with van der Waals surface area (Å²) in [5, 5.41) is 14.7. The minimum atomic E-state index is -0.851. The molecule has 0 spiro atoms. The molecule has 1 heterocycles. The van der Waals surface area contributed by atoms with Crippen LogP contribution in [0.25, 0.3) is 11.3 Å². The molecule has 2 saturated carbocycles. The molecule has 0 radical (unpaired) electrons. The topological polar surface area (TPSA) is 88.5 Å². The predicted octanol–water partition coefficient (Wildman–Crippen LogP) is 3.50. The summed E-state index contributed by atoms with van der Waals surface area (Å²) in [6, 6.07) is 7.55. The van der Waals surface area contributed by atoms with Crippen molar-refractivity contribution in [3.63, 3.8) is 0 Å². The van der Waals surface area contributed by atoms with Gasteiger partial charge < -0.3 is 15.2 Å². The highest BCUT2D eigenvalue weighted by Gasteiger charge is 2.54. The smallest absolute Gasteiger partial charge is 0.307 e. The number of ether oxygens (including phenoxy) is 1. The summed E-state index contributed by atoms with van der Waals surface area (Å²) >= 11 is 1.35. The first-order valence-corrected chi connectivity index (χ1v) is 9.58. The highest BCUT2D eigenvalue weighted by Crippen LogP contribution is 2.52. The van der Waals surface area contributed by atoms with Crippen LogP contribution in [0.4, 0.5) is 5.13 Å². The van der Waals surface area contributed by atoms with Crippen LogP contribution >= 0.6 is 11.3 Å². The molecule has 1 aromatic heterocycles. The fourth-order valence-corrected chi connectivity index (χ4v) is 5.16. The number of nitrogens with one attached hydrogen (secondary N) is 1. The maximum Gasteiger partial charge on any atom is 0.307 e. The van der Waals surface area contributed by atoms with Gasteiger partial charge in [0.15, 0.2) is 5.13 Å². The molecule has 2 aromatic rings. The number of fused-ring (bicyclic) bond motifs is 2. The maximum atomic E-state index is 12.7. The van der Waals surface area contributed by atoms with Gasteiger partial charge in [0, 0.05) is 10.9 Å². The molecule has 0 saturated heterocycles. The molecular weight excluding hydrogens is 352 g/mol. The van der Waals surface area contributed by atoms with Crippen molar-refractivity contribution in [2.45, 2.75) is 19.3 Å². The van der Waals surface area contributed by atoms with Gasteiger partial charge in [-0.15, -0.1) is 11.3 Å². The minimum absolute atomic E-state index is 0.138. The molecule has 2 fully saturated rings. The quantitative estimate of drug-likeness (QED) is 0.838. The molecule has 26 heavy (non-hydrogen) atoms. The van der Waals surface area contributed by atoms with Gasteiger partial charge in [-0.05, 0) is 55.4 Å². The van der Waals surface area contributed by atoms with Gasteiger partial charge in [-0.3, -0.25) is 9.59 Å². The summed E-state index contributed by atoms with van der Waals surface area (Å²) in [7, 11) is 1.62. The van der Waals surface area contributed by atoms with E-state index in [0.29, 0.717) is 5.13 Å². The number of thiazole rings is 1. The van der Waals surface area contributed by atoms with Gasteiger partial charge in [0.25, 0.3) is 0 Å². The average Bonchev–Trinajstić information content (AvgIpc) is 3.37. The number of carbonyl (C=O) groups excluding carboxylic acids is 1. The van der Waals surface area contributed by atoms with Gasteiger partial charge >= 0.3 is 5.97 Å². The highest BCUT2D eigenvalue weighted by atomic mass is 32.1. The Morgan fingerprint density at radius 1 is 1.19 bits per heavy atom. The molecule has 2 aliphatic carbocycles. The third-order valence-corrected chi connectivity index (χ3v) is 6.38. The number of aromatic nitrogens is 1. The predicted molar refractivity (Wildman–Crippen MR) is 98.2 cm³/mol. The Kier molecular flexibility index (Phi) is 4.40. The van der Waals surface area contributed by atoms with Gasteiger partial charge in [0.05, 0.1) is 24.6 Å². The molecule has 0 unspecified atom stereocenters. The number of hydrogen-bond donors (Lipinski definition) is 2. The molecular formula is C19H20N2O4S. The molecule has 2 aliphatic rings. The van der Waals surface area contributed by atoms with Crippen LogP contribution in [-0.2, 0) is 9.59 Å². The van der Waals surface area contributed by atoms with Crippen molar-refractivity contribution >= 4 is 28.3 Å². The molecule has 4 atom stereocenters. The zero-order valence-electron chi connectivity index (χ0n) is 14.3. The van der Waals surface area contributed by atoms with Crippen molar-refractivity contribution < 1.29 is 19.4 Å². The highest BCUT2D eigenvalue weighted by molar-refractivity contribution is 7.14. The second-order valence-electron chi connectivity index (χ2n) is 6.98. The van der Waals surface area contributed by atoms with E-state index in [-0.39, 0.29) is 17.7 Å². The number of benzene rings is 1. The number of carbonyl (C=O) groups is 2. The fraction of sp³-hybridized carbons (Fsp3) is 0.421. The number of amides is 1. The molecule has 136 valence electrons. The van der Waals surface area contributed by atoms with Gasteiger partial charge in [0.1, 0.15) is 5.75 Å². The van der Waals surface area contributed by atoms with Crippen LogP contribution in [0.5, 0.6) is 5.75 Å². The number of carboxylic acids is 1. The second-order valence-corrected chi connectivity index (χ2v) is 7.84. The third kappa shape index (κ3) is 2.96. The zero-order chi connectivity index (χ0) is 18.3. The Labute approximate surface area is 155 Å². The summed E-state index contributed by atoms with van der Waals surface area (Å²) in [6.07, 6.45) is 2.72. The van der Waals surface area contributed by atoms with E-state index < -0.39 is 17.8 Å². The molecule has 4 rings (SSSR count). The van der Waals surface area contributed by atoms with Crippen LogP contribution < -0.4 is 10.1 Å². The van der Waals surface area contributed by atoms with Crippen LogP contribution in [0.1, 0.15) is 19.3 Å². The van der Waals surface area contributed by atoms with Gasteiger partial charge in [-0.25, -0.2) is 4.98 Å². The van der Waals surface area contributed by atoms with Crippen LogP contribution in [0.15, 0.2) is 29.6 Å². The van der Waals surface area contributed by atoms with Crippen molar-refractivity contribution in [3.8, 4) is 17.0 Å². The number of anilines is 1. The standard InChI is InChI=1S/C19H20N2O4S/c1-25-13-6-4-10(5-7-13)14-9-26-19(20-14)21-17(22)15-11-2-3-12(8-11)16(15)18(23)24/h4-7,9,11-12,15-16H,2-3,8H2,1H3,(H,23,24)(H,20,21,22)/t11-,12-,15+,16-/m0/s1. The van der Waals surface area contributed by atoms with E-state index in [1.807, 2.05) is 29.6 Å². The molecule has 1 amide bonds. The van der Waals surface area contributed by atoms with Crippen molar-refractivity contribution in [3.05, 3.63) is 29.6 Å². The van der Waals surface area contributed by atoms with E-state index in [0.717, 1.165) is 36.3 Å². The lowest BCUT2D eigenvalue weighted by atomic mass is 9.79. The summed E-state index contributed by atoms with van der Waals surface area (Å²) in [4.78, 5) is 28.8. The normalized spacial score (nSPS) is 26.7. The Bertz CT molecular complexity index is 832. The SMILES string of the molecule is COc1ccc(-c2csc(NC(=O)[C@@H]3[C@H]4CC[C@@H](C4)[C@@H]3C(=O)O)n2)cc1. The maximum absolute atomic E-state index is 12.7. The number of nitrogens with zero attached hydrogens (tertiary/aromatic N) is 1. The van der Waals surface area contributed by atoms with Crippen molar-refractivity contribution in [2.24, 2.45) is 23.7 Å². The average molecular weight is 372 g/mol.